The van der Waals surface area contributed by atoms with Gasteiger partial charge < -0.3 is 9.47 Å². The summed E-state index contributed by atoms with van der Waals surface area (Å²) in [5.41, 5.74) is 0.699. The summed E-state index contributed by atoms with van der Waals surface area (Å²) in [6, 6.07) is 8.64. The number of carbonyl (C=O) groups is 3. The Morgan fingerprint density at radius 1 is 1.35 bits per heavy atom. The molecule has 1 aliphatic rings. The zero-order valence-corrected chi connectivity index (χ0v) is 19.0. The van der Waals surface area contributed by atoms with Crippen molar-refractivity contribution in [2.45, 2.75) is 6.92 Å². The lowest BCUT2D eigenvalue weighted by atomic mass is 10.2. The van der Waals surface area contributed by atoms with Gasteiger partial charge in [0.15, 0.2) is 5.17 Å². The smallest absolute Gasteiger partial charge is 0.413 e. The van der Waals surface area contributed by atoms with Gasteiger partial charge in [-0.15, -0.1) is 11.3 Å². The maximum Gasteiger partial charge on any atom is 0.413 e. The van der Waals surface area contributed by atoms with Crippen LogP contribution in [0.2, 0.25) is 5.02 Å². The van der Waals surface area contributed by atoms with Gasteiger partial charge >= 0.3 is 6.09 Å². The van der Waals surface area contributed by atoms with Crippen LogP contribution < -0.4 is 15.0 Å². The number of amidine groups is 1. The lowest BCUT2D eigenvalue weighted by molar-refractivity contribution is -0.118. The summed E-state index contributed by atoms with van der Waals surface area (Å²) in [6.07, 6.45) is 0.854. The van der Waals surface area contributed by atoms with Crippen LogP contribution in [0.15, 0.2) is 46.4 Å². The third-order valence-corrected chi connectivity index (χ3v) is 5.95. The minimum Gasteiger partial charge on any atom is -0.495 e. The number of rotatable bonds is 6. The number of nitrogens with zero attached hydrogens (tertiary/aromatic N) is 2. The zero-order chi connectivity index (χ0) is 22.4. The quantitative estimate of drug-likeness (QED) is 0.625. The van der Waals surface area contributed by atoms with Gasteiger partial charge in [-0.3, -0.25) is 19.8 Å². The number of halogens is 1. The van der Waals surface area contributed by atoms with Crippen LogP contribution in [0, 0.1) is 0 Å². The number of hydrogen-bond acceptors (Lipinski definition) is 8. The lowest BCUT2D eigenvalue weighted by Gasteiger charge is -2.18. The fourth-order valence-electron chi connectivity index (χ4n) is 2.57. The number of methoxy groups -OCH3 is 1. The number of ether oxygens (including phenoxy) is 2. The summed E-state index contributed by atoms with van der Waals surface area (Å²) in [4.78, 5) is 43.2. The highest BCUT2D eigenvalue weighted by Gasteiger charge is 2.33. The second kappa shape index (κ2) is 10.5. The number of benzene rings is 1. The van der Waals surface area contributed by atoms with Crippen LogP contribution in [0.5, 0.6) is 5.75 Å². The first-order valence-electron chi connectivity index (χ1n) is 9.04. The third-order valence-electron chi connectivity index (χ3n) is 3.89. The van der Waals surface area contributed by atoms with E-state index in [9.17, 15) is 14.4 Å². The second-order valence-corrected chi connectivity index (χ2v) is 8.29. The molecular formula is C20H18ClN3O5S2. The molecule has 31 heavy (non-hydrogen) atoms. The summed E-state index contributed by atoms with van der Waals surface area (Å²) >= 11 is 8.72. The van der Waals surface area contributed by atoms with E-state index in [-0.39, 0.29) is 29.1 Å². The van der Waals surface area contributed by atoms with E-state index < -0.39 is 12.0 Å². The number of carbonyl (C=O) groups excluding carboxylic acids is 3. The molecule has 0 aliphatic carbocycles. The van der Waals surface area contributed by atoms with E-state index in [1.165, 1.54) is 23.3 Å². The van der Waals surface area contributed by atoms with Crippen molar-refractivity contribution in [3.8, 4) is 5.75 Å². The van der Waals surface area contributed by atoms with Crippen LogP contribution >= 0.6 is 34.7 Å². The molecule has 0 saturated heterocycles. The molecule has 0 unspecified atom stereocenters. The molecule has 1 aliphatic heterocycles. The number of nitrogens with one attached hydrogen (secondary N) is 1. The molecule has 2 aromatic rings. The van der Waals surface area contributed by atoms with Crippen LogP contribution in [0.1, 0.15) is 11.8 Å². The molecule has 2 heterocycles. The van der Waals surface area contributed by atoms with E-state index in [2.05, 4.69) is 10.3 Å². The van der Waals surface area contributed by atoms with E-state index in [4.69, 9.17) is 21.1 Å². The molecule has 0 bridgehead atoms. The van der Waals surface area contributed by atoms with Gasteiger partial charge in [-0.2, -0.15) is 0 Å². The van der Waals surface area contributed by atoms with Gasteiger partial charge in [0.2, 0.25) is 5.91 Å². The molecule has 8 nitrogen and oxygen atoms in total. The van der Waals surface area contributed by atoms with Gasteiger partial charge in [0.1, 0.15) is 11.4 Å². The third kappa shape index (κ3) is 5.66. The number of anilines is 1. The Morgan fingerprint density at radius 3 is 2.81 bits per heavy atom. The Hall–Kier alpha value is -2.82. The average molecular weight is 480 g/mol. The van der Waals surface area contributed by atoms with Crippen molar-refractivity contribution in [3.05, 3.63) is 51.3 Å². The zero-order valence-electron chi connectivity index (χ0n) is 16.6. The molecule has 162 valence electrons. The molecule has 0 spiro atoms. The minimum atomic E-state index is -0.824. The van der Waals surface area contributed by atoms with Gasteiger partial charge in [-0.25, -0.2) is 9.79 Å². The number of aliphatic imine (C=N–C) groups is 1. The number of hydrogen-bond donors (Lipinski definition) is 1. The van der Waals surface area contributed by atoms with Crippen molar-refractivity contribution in [2.24, 2.45) is 4.99 Å². The Bertz CT molecular complexity index is 1050. The lowest BCUT2D eigenvalue weighted by Crippen LogP contribution is -2.34. The van der Waals surface area contributed by atoms with Crippen LogP contribution in [-0.4, -0.2) is 42.5 Å². The molecule has 0 fully saturated rings. The summed E-state index contributed by atoms with van der Waals surface area (Å²) in [6.45, 7) is 1.79. The van der Waals surface area contributed by atoms with E-state index in [1.807, 2.05) is 17.5 Å². The topological polar surface area (TPSA) is 97.3 Å². The molecule has 11 heteroatoms. The summed E-state index contributed by atoms with van der Waals surface area (Å²) in [5.74, 6) is -0.603. The number of thiophene rings is 1. The Labute approximate surface area is 191 Å². The van der Waals surface area contributed by atoms with Gasteiger partial charge in [-0.05, 0) is 42.6 Å². The number of alkyl carbamates (subject to hydrolysis) is 1. The Kier molecular flexibility index (Phi) is 7.72. The Morgan fingerprint density at radius 2 is 2.16 bits per heavy atom. The standard InChI is InChI=1S/C20H18ClN3O5S2/c1-3-29-20(27)23-17(25)11-31-19-22-15(10-13-5-4-8-30-13)18(26)24(19)12-6-7-16(28-2)14(21)9-12/h4-10H,3,11H2,1-2H3,(H,23,25,27)/b15-10-. The summed E-state index contributed by atoms with van der Waals surface area (Å²) in [5, 5.41) is 4.62. The molecule has 0 saturated carbocycles. The average Bonchev–Trinajstić information content (AvgIpc) is 3.35. The van der Waals surface area contributed by atoms with Gasteiger partial charge in [-0.1, -0.05) is 29.4 Å². The Balaban J connectivity index is 1.85. The second-order valence-electron chi connectivity index (χ2n) is 5.96. The highest BCUT2D eigenvalue weighted by Crippen LogP contribution is 2.34. The molecule has 1 N–H and O–H groups in total. The van der Waals surface area contributed by atoms with Crippen LogP contribution in [0.4, 0.5) is 10.5 Å². The van der Waals surface area contributed by atoms with Gasteiger partial charge in [0.25, 0.3) is 5.91 Å². The molecule has 1 aromatic heterocycles. The first kappa shape index (κ1) is 22.9. The highest BCUT2D eigenvalue weighted by molar-refractivity contribution is 8.14. The van der Waals surface area contributed by atoms with Crippen molar-refractivity contribution >= 4 is 69.5 Å². The number of thioether (sulfide) groups is 1. The number of imide groups is 1. The van der Waals surface area contributed by atoms with Crippen molar-refractivity contribution in [2.75, 3.05) is 24.4 Å². The fraction of sp³-hybridized carbons (Fsp3) is 0.200. The molecule has 0 radical (unpaired) electrons. The van der Waals surface area contributed by atoms with E-state index >= 15 is 0 Å². The van der Waals surface area contributed by atoms with Crippen molar-refractivity contribution in [1.82, 2.24) is 5.32 Å². The molecule has 3 rings (SSSR count). The molecular weight excluding hydrogens is 462 g/mol. The van der Waals surface area contributed by atoms with Crippen molar-refractivity contribution in [1.29, 1.82) is 0 Å². The highest BCUT2D eigenvalue weighted by atomic mass is 35.5. The predicted molar refractivity (Wildman–Crippen MR) is 123 cm³/mol. The molecule has 1 aromatic carbocycles. The summed E-state index contributed by atoms with van der Waals surface area (Å²) < 4.78 is 9.86. The van der Waals surface area contributed by atoms with Crippen LogP contribution in [0.25, 0.3) is 6.08 Å². The van der Waals surface area contributed by atoms with E-state index in [0.717, 1.165) is 16.6 Å². The van der Waals surface area contributed by atoms with Gasteiger partial charge in [0.05, 0.1) is 30.2 Å². The van der Waals surface area contributed by atoms with Crippen LogP contribution in [0.3, 0.4) is 0 Å². The first-order chi connectivity index (χ1) is 14.9. The van der Waals surface area contributed by atoms with Crippen molar-refractivity contribution < 1.29 is 23.9 Å². The maximum absolute atomic E-state index is 13.1. The van der Waals surface area contributed by atoms with Crippen LogP contribution in [-0.2, 0) is 14.3 Å². The predicted octanol–water partition coefficient (Wildman–Crippen LogP) is 4.16. The first-order valence-corrected chi connectivity index (χ1v) is 11.3. The SMILES string of the molecule is CCOC(=O)NC(=O)CSC1=N/C(=C\c2cccs2)C(=O)N1c1ccc(OC)c(Cl)c1. The van der Waals surface area contributed by atoms with E-state index in [0.29, 0.717) is 16.5 Å². The summed E-state index contributed by atoms with van der Waals surface area (Å²) in [7, 11) is 1.49. The van der Waals surface area contributed by atoms with Gasteiger partial charge in [0, 0.05) is 4.88 Å². The van der Waals surface area contributed by atoms with E-state index in [1.54, 1.807) is 31.2 Å². The largest absolute Gasteiger partial charge is 0.495 e. The fourth-order valence-corrected chi connectivity index (χ4v) is 4.29. The normalized spacial score (nSPS) is 14.5. The minimum absolute atomic E-state index is 0.141. The van der Waals surface area contributed by atoms with Crippen molar-refractivity contribution in [3.63, 3.8) is 0 Å². The maximum atomic E-state index is 13.1. The molecule has 0 atom stereocenters. The monoisotopic (exact) mass is 479 g/mol. The number of amides is 3. The molecule has 3 amide bonds.